The molecule has 0 aromatic heterocycles. The molecule has 0 saturated carbocycles. The summed E-state index contributed by atoms with van der Waals surface area (Å²) in [6.07, 6.45) is 2.61. The molecule has 0 bridgehead atoms. The molecule has 0 radical (unpaired) electrons. The van der Waals surface area contributed by atoms with E-state index in [4.69, 9.17) is 0 Å². The molecule has 1 heterocycles. The molecule has 8 nitrogen and oxygen atoms in total. The van der Waals surface area contributed by atoms with Gasteiger partial charge in [0.05, 0.1) is 11.2 Å². The van der Waals surface area contributed by atoms with Crippen molar-refractivity contribution in [3.8, 4) is 0 Å². The van der Waals surface area contributed by atoms with Crippen LogP contribution in [0.25, 0.3) is 0 Å². The van der Waals surface area contributed by atoms with Crippen molar-refractivity contribution in [3.05, 3.63) is 60.2 Å². The molecule has 1 fully saturated rings. The quantitative estimate of drug-likeness (QED) is 0.668. The van der Waals surface area contributed by atoms with Crippen molar-refractivity contribution in [3.63, 3.8) is 0 Å². The van der Waals surface area contributed by atoms with E-state index in [0.717, 1.165) is 0 Å². The van der Waals surface area contributed by atoms with Gasteiger partial charge in [0.2, 0.25) is 10.0 Å². The monoisotopic (exact) mass is 451 g/mol. The maximum Gasteiger partial charge on any atom is 0.261 e. The molecular weight excluding hydrogens is 426 g/mol. The number of anilines is 1. The Kier molecular flexibility index (Phi) is 6.79. The summed E-state index contributed by atoms with van der Waals surface area (Å²) in [6, 6.07) is 14.2. The van der Waals surface area contributed by atoms with Crippen LogP contribution in [0.2, 0.25) is 0 Å². The number of rotatable bonds is 7. The van der Waals surface area contributed by atoms with Gasteiger partial charge in [-0.25, -0.2) is 21.1 Å². The van der Waals surface area contributed by atoms with Crippen LogP contribution in [0, 0.1) is 5.92 Å². The van der Waals surface area contributed by atoms with Gasteiger partial charge in [-0.3, -0.25) is 9.52 Å². The SMILES string of the molecule is CS(=O)(=O)N1CCC(CNC(=O)c2ccc(NS(=O)(=O)c3ccccc3)cc2)CC1. The van der Waals surface area contributed by atoms with Crippen molar-refractivity contribution >= 4 is 31.6 Å². The standard InChI is InChI=1S/C20H25N3O5S2/c1-29(25,26)23-13-11-16(12-14-23)15-21-20(24)17-7-9-18(10-8-17)22-30(27,28)19-5-3-2-4-6-19/h2-10,16,22H,11-15H2,1H3,(H,21,24). The highest BCUT2D eigenvalue weighted by Crippen LogP contribution is 2.19. The molecule has 3 rings (SSSR count). The highest BCUT2D eigenvalue weighted by Gasteiger charge is 2.25. The lowest BCUT2D eigenvalue weighted by molar-refractivity contribution is 0.0941. The number of nitrogens with zero attached hydrogens (tertiary/aromatic N) is 1. The number of hydrogen-bond acceptors (Lipinski definition) is 5. The van der Waals surface area contributed by atoms with Gasteiger partial charge in [-0.1, -0.05) is 18.2 Å². The van der Waals surface area contributed by atoms with Crippen LogP contribution in [0.15, 0.2) is 59.5 Å². The number of piperidine rings is 1. The van der Waals surface area contributed by atoms with E-state index in [1.807, 2.05) is 0 Å². The molecule has 0 unspecified atom stereocenters. The lowest BCUT2D eigenvalue weighted by Crippen LogP contribution is -2.41. The molecule has 0 atom stereocenters. The largest absolute Gasteiger partial charge is 0.352 e. The van der Waals surface area contributed by atoms with E-state index in [9.17, 15) is 21.6 Å². The van der Waals surface area contributed by atoms with Gasteiger partial charge in [-0.05, 0) is 55.2 Å². The number of hydrogen-bond donors (Lipinski definition) is 2. The summed E-state index contributed by atoms with van der Waals surface area (Å²) in [7, 11) is -6.84. The minimum Gasteiger partial charge on any atom is -0.352 e. The first-order chi connectivity index (χ1) is 14.1. The molecule has 1 aliphatic heterocycles. The van der Waals surface area contributed by atoms with Crippen LogP contribution < -0.4 is 10.0 Å². The lowest BCUT2D eigenvalue weighted by atomic mass is 9.98. The van der Waals surface area contributed by atoms with Crippen LogP contribution in [0.1, 0.15) is 23.2 Å². The molecular formula is C20H25N3O5S2. The van der Waals surface area contributed by atoms with Gasteiger partial charge in [0, 0.05) is 30.9 Å². The van der Waals surface area contributed by atoms with Crippen LogP contribution in [0.4, 0.5) is 5.69 Å². The van der Waals surface area contributed by atoms with Crippen LogP contribution in [-0.4, -0.2) is 52.9 Å². The normalized spacial score (nSPS) is 16.2. The van der Waals surface area contributed by atoms with Gasteiger partial charge in [0.15, 0.2) is 0 Å². The molecule has 1 saturated heterocycles. The molecule has 0 aliphatic carbocycles. The molecule has 2 aromatic carbocycles. The third-order valence-electron chi connectivity index (χ3n) is 5.05. The van der Waals surface area contributed by atoms with Crippen molar-refractivity contribution < 1.29 is 21.6 Å². The molecule has 1 amide bonds. The molecule has 2 N–H and O–H groups in total. The molecule has 0 spiro atoms. The number of amides is 1. The Morgan fingerprint density at radius 1 is 0.967 bits per heavy atom. The number of benzene rings is 2. The fourth-order valence-electron chi connectivity index (χ4n) is 3.29. The van der Waals surface area contributed by atoms with E-state index in [-0.39, 0.29) is 16.7 Å². The van der Waals surface area contributed by atoms with Gasteiger partial charge < -0.3 is 5.32 Å². The van der Waals surface area contributed by atoms with Crippen LogP contribution in [-0.2, 0) is 20.0 Å². The maximum atomic E-state index is 12.4. The summed E-state index contributed by atoms with van der Waals surface area (Å²) in [5, 5.41) is 2.87. The Hall–Kier alpha value is -2.43. The fraction of sp³-hybridized carbons (Fsp3) is 0.350. The van der Waals surface area contributed by atoms with E-state index in [1.165, 1.54) is 22.7 Å². The zero-order chi connectivity index (χ0) is 21.8. The first kappa shape index (κ1) is 22.3. The topological polar surface area (TPSA) is 113 Å². The highest BCUT2D eigenvalue weighted by molar-refractivity contribution is 7.92. The van der Waals surface area contributed by atoms with E-state index in [0.29, 0.717) is 43.7 Å². The molecule has 30 heavy (non-hydrogen) atoms. The van der Waals surface area contributed by atoms with E-state index < -0.39 is 20.0 Å². The van der Waals surface area contributed by atoms with Gasteiger partial charge in [-0.15, -0.1) is 0 Å². The van der Waals surface area contributed by atoms with Crippen LogP contribution in [0.3, 0.4) is 0 Å². The highest BCUT2D eigenvalue weighted by atomic mass is 32.2. The van der Waals surface area contributed by atoms with Crippen LogP contribution >= 0.6 is 0 Å². The summed E-state index contributed by atoms with van der Waals surface area (Å²) >= 11 is 0. The lowest BCUT2D eigenvalue weighted by Gasteiger charge is -2.30. The zero-order valence-electron chi connectivity index (χ0n) is 16.6. The second-order valence-corrected chi connectivity index (χ2v) is 11.0. The van der Waals surface area contributed by atoms with Crippen molar-refractivity contribution in [1.82, 2.24) is 9.62 Å². The first-order valence-electron chi connectivity index (χ1n) is 9.56. The smallest absolute Gasteiger partial charge is 0.261 e. The van der Waals surface area contributed by atoms with Crippen molar-refractivity contribution in [2.24, 2.45) is 5.92 Å². The number of carbonyl (C=O) groups is 1. The van der Waals surface area contributed by atoms with Crippen molar-refractivity contribution in [2.45, 2.75) is 17.7 Å². The molecule has 10 heteroatoms. The zero-order valence-corrected chi connectivity index (χ0v) is 18.2. The summed E-state index contributed by atoms with van der Waals surface area (Å²) < 4.78 is 51.8. The van der Waals surface area contributed by atoms with E-state index in [2.05, 4.69) is 10.0 Å². The minimum absolute atomic E-state index is 0.161. The third-order valence-corrected chi connectivity index (χ3v) is 7.75. The van der Waals surface area contributed by atoms with Gasteiger partial charge in [0.25, 0.3) is 15.9 Å². The van der Waals surface area contributed by atoms with Gasteiger partial charge in [-0.2, -0.15) is 0 Å². The maximum absolute atomic E-state index is 12.4. The number of sulfonamides is 2. The van der Waals surface area contributed by atoms with E-state index >= 15 is 0 Å². The second-order valence-electron chi connectivity index (χ2n) is 7.31. The van der Waals surface area contributed by atoms with Crippen LogP contribution in [0.5, 0.6) is 0 Å². The molecule has 2 aromatic rings. The summed E-state index contributed by atoms with van der Waals surface area (Å²) in [6.45, 7) is 1.41. The third kappa shape index (κ3) is 5.80. The Bertz CT molecular complexity index is 1080. The summed E-state index contributed by atoms with van der Waals surface area (Å²) in [5.74, 6) is -0.0260. The van der Waals surface area contributed by atoms with Gasteiger partial charge in [0.1, 0.15) is 0 Å². The Morgan fingerprint density at radius 2 is 1.57 bits per heavy atom. The predicted octanol–water partition coefficient (Wildman–Crippen LogP) is 1.89. The average Bonchev–Trinajstić information content (AvgIpc) is 2.72. The van der Waals surface area contributed by atoms with Crippen molar-refractivity contribution in [2.75, 3.05) is 30.6 Å². The average molecular weight is 452 g/mol. The Balaban J connectivity index is 1.52. The Morgan fingerprint density at radius 3 is 2.13 bits per heavy atom. The van der Waals surface area contributed by atoms with Gasteiger partial charge >= 0.3 is 0 Å². The molecule has 162 valence electrons. The fourth-order valence-corrected chi connectivity index (χ4v) is 5.24. The second kappa shape index (κ2) is 9.15. The summed E-state index contributed by atoms with van der Waals surface area (Å²) in [5.41, 5.74) is 0.787. The minimum atomic E-state index is -3.68. The number of nitrogens with one attached hydrogen (secondary N) is 2. The number of carbonyl (C=O) groups excluding carboxylic acids is 1. The first-order valence-corrected chi connectivity index (χ1v) is 12.9. The van der Waals surface area contributed by atoms with Crippen molar-refractivity contribution in [1.29, 1.82) is 0 Å². The predicted molar refractivity (Wildman–Crippen MR) is 115 cm³/mol. The molecule has 1 aliphatic rings. The van der Waals surface area contributed by atoms with E-state index in [1.54, 1.807) is 42.5 Å². The summed E-state index contributed by atoms with van der Waals surface area (Å²) in [4.78, 5) is 12.5. The Labute approximate surface area is 177 Å².